The average Bonchev–Trinajstić information content (AvgIpc) is 3.36. The van der Waals surface area contributed by atoms with Gasteiger partial charge in [0.15, 0.2) is 0 Å². The minimum absolute atomic E-state index is 0.0524. The third kappa shape index (κ3) is 3.78. The van der Waals surface area contributed by atoms with E-state index in [2.05, 4.69) is 34.0 Å². The van der Waals surface area contributed by atoms with Gasteiger partial charge < -0.3 is 9.42 Å². The molecule has 3 aromatic rings. The van der Waals surface area contributed by atoms with Crippen molar-refractivity contribution in [2.24, 2.45) is 5.92 Å². The van der Waals surface area contributed by atoms with Crippen LogP contribution in [0.4, 0.5) is 0 Å². The maximum atomic E-state index is 12.7. The fourth-order valence-corrected chi connectivity index (χ4v) is 3.67. The molecule has 28 heavy (non-hydrogen) atoms. The molecule has 1 aliphatic heterocycles. The van der Waals surface area contributed by atoms with Gasteiger partial charge in [0.1, 0.15) is 0 Å². The molecule has 144 valence electrons. The predicted molar refractivity (Wildman–Crippen MR) is 103 cm³/mol. The van der Waals surface area contributed by atoms with Gasteiger partial charge in [-0.05, 0) is 29.7 Å². The lowest BCUT2D eigenvalue weighted by Gasteiger charge is -2.17. The van der Waals surface area contributed by atoms with Gasteiger partial charge in [-0.15, -0.1) is 0 Å². The van der Waals surface area contributed by atoms with Gasteiger partial charge in [-0.3, -0.25) is 14.8 Å². The van der Waals surface area contributed by atoms with Crippen molar-refractivity contribution < 1.29 is 9.32 Å². The lowest BCUT2D eigenvalue weighted by Crippen LogP contribution is -2.29. The zero-order valence-electron chi connectivity index (χ0n) is 16.0. The SMILES string of the molecule is CC(C)CC(=O)N1C[C@@H](c2cccnc2)[C@H](c2nc(-c3ccncc3)no2)C1. The Bertz CT molecular complexity index is 926. The fraction of sp³-hybridized carbons (Fsp3) is 0.381. The molecular weight excluding hydrogens is 354 g/mol. The summed E-state index contributed by atoms with van der Waals surface area (Å²) in [5, 5.41) is 4.14. The summed E-state index contributed by atoms with van der Waals surface area (Å²) in [6, 6.07) is 7.66. The van der Waals surface area contributed by atoms with Crippen molar-refractivity contribution in [2.75, 3.05) is 13.1 Å². The fourth-order valence-electron chi connectivity index (χ4n) is 3.67. The summed E-state index contributed by atoms with van der Waals surface area (Å²) in [6.45, 7) is 5.32. The highest BCUT2D eigenvalue weighted by molar-refractivity contribution is 5.77. The number of rotatable bonds is 5. The first-order valence-electron chi connectivity index (χ1n) is 9.53. The molecule has 1 aliphatic rings. The van der Waals surface area contributed by atoms with E-state index in [4.69, 9.17) is 4.52 Å². The van der Waals surface area contributed by atoms with Crippen LogP contribution >= 0.6 is 0 Å². The molecule has 1 fully saturated rings. The molecule has 0 unspecified atom stereocenters. The largest absolute Gasteiger partial charge is 0.341 e. The van der Waals surface area contributed by atoms with Crippen LogP contribution in [-0.2, 0) is 4.79 Å². The highest BCUT2D eigenvalue weighted by Gasteiger charge is 2.40. The maximum absolute atomic E-state index is 12.7. The maximum Gasteiger partial charge on any atom is 0.232 e. The summed E-state index contributed by atoms with van der Waals surface area (Å²) in [5.41, 5.74) is 1.93. The number of hydrogen-bond acceptors (Lipinski definition) is 6. The van der Waals surface area contributed by atoms with Gasteiger partial charge in [-0.2, -0.15) is 4.98 Å². The molecule has 3 aromatic heterocycles. The Hall–Kier alpha value is -3.09. The zero-order valence-corrected chi connectivity index (χ0v) is 16.0. The monoisotopic (exact) mass is 377 g/mol. The molecule has 7 nitrogen and oxygen atoms in total. The van der Waals surface area contributed by atoms with Crippen LogP contribution in [0.25, 0.3) is 11.4 Å². The first kappa shape index (κ1) is 18.3. The van der Waals surface area contributed by atoms with Crippen molar-refractivity contribution in [2.45, 2.75) is 32.1 Å². The van der Waals surface area contributed by atoms with Gasteiger partial charge in [-0.25, -0.2) is 0 Å². The number of aromatic nitrogens is 4. The second-order valence-electron chi connectivity index (χ2n) is 7.59. The summed E-state index contributed by atoms with van der Waals surface area (Å²) in [5.74, 6) is 1.61. The van der Waals surface area contributed by atoms with Crippen molar-refractivity contribution in [3.8, 4) is 11.4 Å². The van der Waals surface area contributed by atoms with E-state index in [0.29, 0.717) is 37.1 Å². The van der Waals surface area contributed by atoms with E-state index >= 15 is 0 Å². The van der Waals surface area contributed by atoms with Gasteiger partial charge in [0.2, 0.25) is 17.6 Å². The Labute approximate surface area is 163 Å². The third-order valence-electron chi connectivity index (χ3n) is 5.07. The quantitative estimate of drug-likeness (QED) is 0.678. The number of hydrogen-bond donors (Lipinski definition) is 0. The average molecular weight is 377 g/mol. The van der Waals surface area contributed by atoms with Crippen molar-refractivity contribution in [3.63, 3.8) is 0 Å². The first-order chi connectivity index (χ1) is 13.6. The molecule has 7 heteroatoms. The van der Waals surface area contributed by atoms with E-state index in [9.17, 15) is 4.79 Å². The molecule has 0 aromatic carbocycles. The smallest absolute Gasteiger partial charge is 0.232 e. The number of carbonyl (C=O) groups excluding carboxylic acids is 1. The van der Waals surface area contributed by atoms with Crippen LogP contribution in [0, 0.1) is 5.92 Å². The van der Waals surface area contributed by atoms with E-state index in [1.54, 1.807) is 18.6 Å². The van der Waals surface area contributed by atoms with Crippen molar-refractivity contribution in [1.29, 1.82) is 0 Å². The second kappa shape index (κ2) is 7.88. The summed E-state index contributed by atoms with van der Waals surface area (Å²) < 4.78 is 5.62. The molecule has 2 atom stereocenters. The topological polar surface area (TPSA) is 85.0 Å². The van der Waals surface area contributed by atoms with E-state index in [-0.39, 0.29) is 17.7 Å². The standard InChI is InChI=1S/C21H23N5O2/c1-14(2)10-19(27)26-12-17(16-4-3-7-23-11-16)18(13-26)21-24-20(25-28-21)15-5-8-22-9-6-15/h3-9,11,14,17-18H,10,12-13H2,1-2H3/t17-,18+/m0/s1. The Kier molecular flexibility index (Phi) is 5.14. The van der Waals surface area contributed by atoms with Gasteiger partial charge in [0, 0.05) is 55.8 Å². The molecule has 0 N–H and O–H groups in total. The highest BCUT2D eigenvalue weighted by atomic mass is 16.5. The van der Waals surface area contributed by atoms with Gasteiger partial charge in [-0.1, -0.05) is 25.1 Å². The van der Waals surface area contributed by atoms with Crippen LogP contribution in [0.5, 0.6) is 0 Å². The van der Waals surface area contributed by atoms with Crippen LogP contribution < -0.4 is 0 Å². The Morgan fingerprint density at radius 1 is 1.14 bits per heavy atom. The highest BCUT2D eigenvalue weighted by Crippen LogP contribution is 2.39. The minimum atomic E-state index is -0.0524. The molecule has 0 saturated carbocycles. The van der Waals surface area contributed by atoms with Gasteiger partial charge >= 0.3 is 0 Å². The van der Waals surface area contributed by atoms with E-state index in [1.807, 2.05) is 35.4 Å². The molecule has 0 radical (unpaired) electrons. The zero-order chi connectivity index (χ0) is 19.5. The van der Waals surface area contributed by atoms with Crippen LogP contribution in [-0.4, -0.2) is 44.0 Å². The van der Waals surface area contributed by atoms with Gasteiger partial charge in [0.05, 0.1) is 5.92 Å². The predicted octanol–water partition coefficient (Wildman–Crippen LogP) is 3.28. The Morgan fingerprint density at radius 2 is 1.93 bits per heavy atom. The molecule has 0 aliphatic carbocycles. The van der Waals surface area contributed by atoms with Gasteiger partial charge in [0.25, 0.3) is 0 Å². The normalized spacial score (nSPS) is 19.3. The Morgan fingerprint density at radius 3 is 2.64 bits per heavy atom. The molecule has 4 rings (SSSR count). The van der Waals surface area contributed by atoms with E-state index in [0.717, 1.165) is 11.1 Å². The summed E-state index contributed by atoms with van der Waals surface area (Å²) >= 11 is 0. The third-order valence-corrected chi connectivity index (χ3v) is 5.07. The van der Waals surface area contributed by atoms with Crippen molar-refractivity contribution in [1.82, 2.24) is 25.0 Å². The molecule has 0 bridgehead atoms. The second-order valence-corrected chi connectivity index (χ2v) is 7.59. The number of carbonyl (C=O) groups is 1. The van der Waals surface area contributed by atoms with E-state index in [1.165, 1.54) is 0 Å². The van der Waals surface area contributed by atoms with Crippen LogP contribution in [0.3, 0.4) is 0 Å². The molecule has 1 amide bonds. The van der Waals surface area contributed by atoms with Crippen molar-refractivity contribution >= 4 is 5.91 Å². The number of likely N-dealkylation sites (tertiary alicyclic amines) is 1. The number of amides is 1. The summed E-state index contributed by atoms with van der Waals surface area (Å²) in [4.78, 5) is 27.5. The molecule has 0 spiro atoms. The van der Waals surface area contributed by atoms with Crippen LogP contribution in [0.2, 0.25) is 0 Å². The first-order valence-corrected chi connectivity index (χ1v) is 9.53. The summed E-state index contributed by atoms with van der Waals surface area (Å²) in [6.07, 6.45) is 7.55. The van der Waals surface area contributed by atoms with Crippen LogP contribution in [0.1, 0.15) is 43.6 Å². The van der Waals surface area contributed by atoms with Crippen molar-refractivity contribution in [3.05, 3.63) is 60.5 Å². The lowest BCUT2D eigenvalue weighted by atomic mass is 9.90. The molecule has 1 saturated heterocycles. The lowest BCUT2D eigenvalue weighted by molar-refractivity contribution is -0.131. The Balaban J connectivity index is 1.63. The molecular formula is C21H23N5O2. The van der Waals surface area contributed by atoms with Crippen LogP contribution in [0.15, 0.2) is 53.6 Å². The van der Waals surface area contributed by atoms with E-state index < -0.39 is 0 Å². The number of pyridine rings is 2. The summed E-state index contributed by atoms with van der Waals surface area (Å²) in [7, 11) is 0. The number of nitrogens with zero attached hydrogens (tertiary/aromatic N) is 5. The molecule has 4 heterocycles. The minimum Gasteiger partial charge on any atom is -0.341 e.